The SMILES string of the molecule is COC(=O)C(CCSC)c1c(C)c2ccccc2n1C. The largest absolute Gasteiger partial charge is 0.469 e. The van der Waals surface area contributed by atoms with Crippen LogP contribution in [0.4, 0.5) is 0 Å². The predicted molar refractivity (Wildman–Crippen MR) is 85.4 cm³/mol. The number of thioether (sulfide) groups is 1. The van der Waals surface area contributed by atoms with E-state index in [9.17, 15) is 4.79 Å². The van der Waals surface area contributed by atoms with E-state index in [0.717, 1.165) is 23.4 Å². The summed E-state index contributed by atoms with van der Waals surface area (Å²) >= 11 is 1.75. The first-order chi connectivity index (χ1) is 9.61. The van der Waals surface area contributed by atoms with E-state index in [4.69, 9.17) is 4.74 Å². The minimum atomic E-state index is -0.190. The number of fused-ring (bicyclic) bond motifs is 1. The molecule has 1 unspecified atom stereocenters. The summed E-state index contributed by atoms with van der Waals surface area (Å²) in [4.78, 5) is 12.2. The molecule has 1 heterocycles. The third kappa shape index (κ3) is 2.57. The number of esters is 1. The van der Waals surface area contributed by atoms with Crippen molar-refractivity contribution in [1.29, 1.82) is 0 Å². The summed E-state index contributed by atoms with van der Waals surface area (Å²) in [6.45, 7) is 2.09. The molecule has 20 heavy (non-hydrogen) atoms. The molecule has 1 aromatic heterocycles. The van der Waals surface area contributed by atoms with E-state index in [1.165, 1.54) is 18.1 Å². The van der Waals surface area contributed by atoms with Crippen molar-refractivity contribution in [3.63, 3.8) is 0 Å². The Labute approximate surface area is 124 Å². The lowest BCUT2D eigenvalue weighted by molar-refractivity contribution is -0.142. The van der Waals surface area contributed by atoms with Gasteiger partial charge in [0.1, 0.15) is 0 Å². The molecule has 0 saturated heterocycles. The Morgan fingerprint density at radius 1 is 1.40 bits per heavy atom. The maximum absolute atomic E-state index is 12.2. The molecule has 0 radical (unpaired) electrons. The maximum Gasteiger partial charge on any atom is 0.314 e. The summed E-state index contributed by atoms with van der Waals surface area (Å²) in [6, 6.07) is 8.26. The van der Waals surface area contributed by atoms with Crippen molar-refractivity contribution >= 4 is 28.6 Å². The molecule has 3 nitrogen and oxygen atoms in total. The topological polar surface area (TPSA) is 31.2 Å². The zero-order valence-corrected chi connectivity index (χ0v) is 13.3. The van der Waals surface area contributed by atoms with Crippen molar-refractivity contribution in [3.05, 3.63) is 35.5 Å². The highest BCUT2D eigenvalue weighted by atomic mass is 32.2. The van der Waals surface area contributed by atoms with Gasteiger partial charge >= 0.3 is 5.97 Å². The number of aromatic nitrogens is 1. The third-order valence-corrected chi connectivity index (χ3v) is 4.49. The van der Waals surface area contributed by atoms with Crippen LogP contribution in [0, 0.1) is 6.92 Å². The first-order valence-corrected chi connectivity index (χ1v) is 8.11. The molecular formula is C16H21NO2S. The Hall–Kier alpha value is -1.42. The second-order valence-corrected chi connectivity index (χ2v) is 5.93. The van der Waals surface area contributed by atoms with Crippen LogP contribution in [0.5, 0.6) is 0 Å². The van der Waals surface area contributed by atoms with Gasteiger partial charge in [-0.3, -0.25) is 4.79 Å². The van der Waals surface area contributed by atoms with Crippen LogP contribution in [0.3, 0.4) is 0 Å². The molecule has 0 fully saturated rings. The zero-order valence-electron chi connectivity index (χ0n) is 12.5. The average Bonchev–Trinajstić information content (AvgIpc) is 2.73. The van der Waals surface area contributed by atoms with Gasteiger partial charge in [0, 0.05) is 23.6 Å². The van der Waals surface area contributed by atoms with Crippen molar-refractivity contribution in [2.45, 2.75) is 19.3 Å². The van der Waals surface area contributed by atoms with E-state index >= 15 is 0 Å². The normalized spacial score (nSPS) is 12.6. The third-order valence-electron chi connectivity index (χ3n) is 3.84. The Bertz CT molecular complexity index is 579. The van der Waals surface area contributed by atoms with Gasteiger partial charge in [0.05, 0.1) is 13.0 Å². The molecule has 2 rings (SSSR count). The number of hydrogen-bond acceptors (Lipinski definition) is 3. The molecule has 0 aliphatic heterocycles. The lowest BCUT2D eigenvalue weighted by Crippen LogP contribution is -2.18. The molecule has 1 atom stereocenters. The van der Waals surface area contributed by atoms with Crippen LogP contribution in [0.1, 0.15) is 23.6 Å². The Kier molecular flexibility index (Phi) is 4.76. The van der Waals surface area contributed by atoms with Gasteiger partial charge in [0.2, 0.25) is 0 Å². The predicted octanol–water partition coefficient (Wildman–Crippen LogP) is 3.50. The van der Waals surface area contributed by atoms with Gasteiger partial charge in [-0.2, -0.15) is 11.8 Å². The monoisotopic (exact) mass is 291 g/mol. The Morgan fingerprint density at radius 3 is 2.70 bits per heavy atom. The van der Waals surface area contributed by atoms with Gasteiger partial charge < -0.3 is 9.30 Å². The number of ether oxygens (including phenoxy) is 1. The van der Waals surface area contributed by atoms with Gasteiger partial charge in [-0.05, 0) is 37.0 Å². The lowest BCUT2D eigenvalue weighted by atomic mass is 9.98. The van der Waals surface area contributed by atoms with Gasteiger partial charge in [0.15, 0.2) is 0 Å². The highest BCUT2D eigenvalue weighted by Gasteiger charge is 2.27. The molecule has 2 aromatic rings. The number of nitrogens with zero attached hydrogens (tertiary/aromatic N) is 1. The minimum Gasteiger partial charge on any atom is -0.469 e. The van der Waals surface area contributed by atoms with Crippen LogP contribution in [0.15, 0.2) is 24.3 Å². The van der Waals surface area contributed by atoms with E-state index in [2.05, 4.69) is 29.9 Å². The maximum atomic E-state index is 12.2. The fraction of sp³-hybridized carbons (Fsp3) is 0.438. The molecule has 108 valence electrons. The van der Waals surface area contributed by atoms with E-state index in [1.807, 2.05) is 19.2 Å². The second-order valence-electron chi connectivity index (χ2n) is 4.94. The molecule has 4 heteroatoms. The summed E-state index contributed by atoms with van der Waals surface area (Å²) in [6.07, 6.45) is 2.86. The number of para-hydroxylation sites is 1. The molecule has 0 N–H and O–H groups in total. The van der Waals surface area contributed by atoms with Crippen LogP contribution in [-0.4, -0.2) is 29.7 Å². The summed E-state index contributed by atoms with van der Waals surface area (Å²) in [5.74, 6) is 0.610. The van der Waals surface area contributed by atoms with Crippen molar-refractivity contribution in [2.24, 2.45) is 7.05 Å². The highest BCUT2D eigenvalue weighted by molar-refractivity contribution is 7.98. The van der Waals surface area contributed by atoms with Gasteiger partial charge in [-0.25, -0.2) is 0 Å². The fourth-order valence-electron chi connectivity index (χ4n) is 2.84. The number of aryl methyl sites for hydroxylation is 2. The summed E-state index contributed by atoms with van der Waals surface area (Å²) in [5, 5.41) is 1.21. The highest BCUT2D eigenvalue weighted by Crippen LogP contribution is 2.32. The number of methoxy groups -OCH3 is 1. The molecule has 1 aromatic carbocycles. The van der Waals surface area contributed by atoms with Crippen molar-refractivity contribution in [3.8, 4) is 0 Å². The van der Waals surface area contributed by atoms with Crippen LogP contribution in [0.25, 0.3) is 10.9 Å². The van der Waals surface area contributed by atoms with E-state index in [0.29, 0.717) is 0 Å². The Balaban J connectivity index is 2.55. The number of hydrogen-bond donors (Lipinski definition) is 0. The number of rotatable bonds is 5. The Morgan fingerprint density at radius 2 is 2.10 bits per heavy atom. The van der Waals surface area contributed by atoms with E-state index < -0.39 is 0 Å². The van der Waals surface area contributed by atoms with Gasteiger partial charge in [-0.1, -0.05) is 18.2 Å². The van der Waals surface area contributed by atoms with Crippen molar-refractivity contribution < 1.29 is 9.53 Å². The molecule has 0 amide bonds. The van der Waals surface area contributed by atoms with Crippen LogP contribution in [0.2, 0.25) is 0 Å². The molecule has 0 bridgehead atoms. The van der Waals surface area contributed by atoms with Crippen LogP contribution < -0.4 is 0 Å². The lowest BCUT2D eigenvalue weighted by Gasteiger charge is -2.17. The molecule has 0 spiro atoms. The summed E-state index contributed by atoms with van der Waals surface area (Å²) < 4.78 is 7.14. The number of carbonyl (C=O) groups excluding carboxylic acids is 1. The first-order valence-electron chi connectivity index (χ1n) is 6.72. The minimum absolute atomic E-state index is 0.145. The van der Waals surface area contributed by atoms with E-state index in [-0.39, 0.29) is 11.9 Å². The molecule has 0 aliphatic rings. The molecular weight excluding hydrogens is 270 g/mol. The van der Waals surface area contributed by atoms with Crippen molar-refractivity contribution in [1.82, 2.24) is 4.57 Å². The van der Waals surface area contributed by atoms with Crippen LogP contribution >= 0.6 is 11.8 Å². The summed E-state index contributed by atoms with van der Waals surface area (Å²) in [5.41, 5.74) is 3.42. The smallest absolute Gasteiger partial charge is 0.314 e. The summed E-state index contributed by atoms with van der Waals surface area (Å²) in [7, 11) is 3.49. The second kappa shape index (κ2) is 6.35. The fourth-order valence-corrected chi connectivity index (χ4v) is 3.31. The first kappa shape index (κ1) is 15.0. The molecule has 0 aliphatic carbocycles. The van der Waals surface area contributed by atoms with Gasteiger partial charge in [0.25, 0.3) is 0 Å². The average molecular weight is 291 g/mol. The van der Waals surface area contributed by atoms with Gasteiger partial charge in [-0.15, -0.1) is 0 Å². The van der Waals surface area contributed by atoms with E-state index in [1.54, 1.807) is 11.8 Å². The van der Waals surface area contributed by atoms with Crippen molar-refractivity contribution in [2.75, 3.05) is 19.1 Å². The molecule has 0 saturated carbocycles. The van der Waals surface area contributed by atoms with Crippen LogP contribution in [-0.2, 0) is 16.6 Å². The standard InChI is InChI=1S/C16H21NO2S/c1-11-12-7-5-6-8-14(12)17(2)15(11)13(9-10-20-4)16(18)19-3/h5-8,13H,9-10H2,1-4H3. The number of carbonyl (C=O) groups is 1. The number of benzene rings is 1. The zero-order chi connectivity index (χ0) is 14.7. The quantitative estimate of drug-likeness (QED) is 0.790.